The second-order valence-electron chi connectivity index (χ2n) is 6.15. The number of rotatable bonds is 7. The van der Waals surface area contributed by atoms with E-state index in [0.717, 1.165) is 0 Å². The smallest absolute Gasteiger partial charge is 0.273 e. The minimum absolute atomic E-state index is 0.0108. The van der Waals surface area contributed by atoms with Crippen molar-refractivity contribution in [2.24, 2.45) is 5.10 Å². The quantitative estimate of drug-likeness (QED) is 0.315. The Morgan fingerprint density at radius 3 is 2.29 bits per heavy atom. The van der Waals surface area contributed by atoms with E-state index in [1.807, 2.05) is 0 Å². The van der Waals surface area contributed by atoms with Gasteiger partial charge in [0.1, 0.15) is 0 Å². The Kier molecular flexibility index (Phi) is 6.63. The van der Waals surface area contributed by atoms with Crippen LogP contribution in [0.3, 0.4) is 0 Å². The maximum Gasteiger partial charge on any atom is 0.273 e. The van der Waals surface area contributed by atoms with Crippen LogP contribution in [0, 0.1) is 10.1 Å². The second kappa shape index (κ2) is 9.37. The van der Waals surface area contributed by atoms with E-state index < -0.39 is 20.9 Å². The summed E-state index contributed by atoms with van der Waals surface area (Å²) in [7, 11) is -3.94. The SMILES string of the molecule is O=C(N/N=C/c1ccc([N+](=O)[O-])cc1)c1ccccc1NS(=O)(=O)c1ccc(Cl)cc1. The van der Waals surface area contributed by atoms with Crippen molar-refractivity contribution in [2.45, 2.75) is 4.90 Å². The summed E-state index contributed by atoms with van der Waals surface area (Å²) in [5, 5.41) is 14.9. The molecule has 158 valence electrons. The number of hydrazone groups is 1. The van der Waals surface area contributed by atoms with Crippen LogP contribution in [0.15, 0.2) is 82.8 Å². The molecule has 1 amide bonds. The summed E-state index contributed by atoms with van der Waals surface area (Å²) in [5.41, 5.74) is 2.89. The van der Waals surface area contributed by atoms with Gasteiger partial charge >= 0.3 is 0 Å². The van der Waals surface area contributed by atoms with E-state index in [2.05, 4.69) is 15.2 Å². The maximum atomic E-state index is 12.6. The maximum absolute atomic E-state index is 12.6. The predicted molar refractivity (Wildman–Crippen MR) is 117 cm³/mol. The lowest BCUT2D eigenvalue weighted by molar-refractivity contribution is -0.384. The lowest BCUT2D eigenvalue weighted by Gasteiger charge is -2.11. The Morgan fingerprint density at radius 2 is 1.65 bits per heavy atom. The van der Waals surface area contributed by atoms with Crippen LogP contribution >= 0.6 is 11.6 Å². The van der Waals surface area contributed by atoms with Gasteiger partial charge in [-0.2, -0.15) is 5.10 Å². The normalized spacial score (nSPS) is 11.3. The highest BCUT2D eigenvalue weighted by atomic mass is 35.5. The number of nitrogens with zero attached hydrogens (tertiary/aromatic N) is 2. The molecule has 0 saturated heterocycles. The van der Waals surface area contributed by atoms with Crippen molar-refractivity contribution in [3.05, 3.63) is 99.1 Å². The minimum Gasteiger partial charge on any atom is -0.279 e. The third-order valence-corrected chi connectivity index (χ3v) is 5.66. The third-order valence-electron chi connectivity index (χ3n) is 4.02. The zero-order valence-corrected chi connectivity index (χ0v) is 17.3. The highest BCUT2D eigenvalue weighted by Gasteiger charge is 2.18. The molecule has 2 N–H and O–H groups in total. The molecule has 0 aromatic heterocycles. The van der Waals surface area contributed by atoms with Crippen molar-refractivity contribution >= 4 is 45.1 Å². The van der Waals surface area contributed by atoms with Gasteiger partial charge < -0.3 is 0 Å². The number of nitrogens with one attached hydrogen (secondary N) is 2. The van der Waals surface area contributed by atoms with Gasteiger partial charge in [-0.3, -0.25) is 19.6 Å². The number of halogens is 1. The number of para-hydroxylation sites is 1. The molecular weight excluding hydrogens is 444 g/mol. The van der Waals surface area contributed by atoms with Gasteiger partial charge in [-0.05, 0) is 54.1 Å². The van der Waals surface area contributed by atoms with E-state index in [0.29, 0.717) is 10.6 Å². The Morgan fingerprint density at radius 1 is 1.00 bits per heavy atom. The molecule has 0 fully saturated rings. The van der Waals surface area contributed by atoms with Crippen LogP contribution in [-0.4, -0.2) is 25.5 Å². The molecule has 31 heavy (non-hydrogen) atoms. The van der Waals surface area contributed by atoms with Gasteiger partial charge in [0.15, 0.2) is 0 Å². The molecule has 3 rings (SSSR count). The number of nitro benzene ring substituents is 1. The van der Waals surface area contributed by atoms with E-state index in [-0.39, 0.29) is 21.8 Å². The Balaban J connectivity index is 1.74. The summed E-state index contributed by atoms with van der Waals surface area (Å²) < 4.78 is 27.6. The molecular formula is C20H15ClN4O5S. The summed E-state index contributed by atoms with van der Waals surface area (Å²) in [4.78, 5) is 22.6. The molecule has 0 saturated carbocycles. The van der Waals surface area contributed by atoms with Crippen LogP contribution < -0.4 is 10.1 Å². The zero-order valence-electron chi connectivity index (χ0n) is 15.7. The fraction of sp³-hybridized carbons (Fsp3) is 0. The summed E-state index contributed by atoms with van der Waals surface area (Å²) in [5.74, 6) is -0.646. The fourth-order valence-electron chi connectivity index (χ4n) is 2.50. The van der Waals surface area contributed by atoms with Gasteiger partial charge in [-0.25, -0.2) is 13.8 Å². The van der Waals surface area contributed by atoms with E-state index in [1.54, 1.807) is 12.1 Å². The number of hydrogen-bond donors (Lipinski definition) is 2. The van der Waals surface area contributed by atoms with Crippen molar-refractivity contribution in [3.8, 4) is 0 Å². The van der Waals surface area contributed by atoms with Gasteiger partial charge in [-0.1, -0.05) is 23.7 Å². The summed E-state index contributed by atoms with van der Waals surface area (Å²) in [6, 6.07) is 17.2. The predicted octanol–water partition coefficient (Wildman–Crippen LogP) is 3.81. The standard InChI is InChI=1S/C20H15ClN4O5S/c21-15-7-11-17(12-8-15)31(29,30)24-19-4-2-1-3-18(19)20(26)23-22-13-14-5-9-16(10-6-14)25(27)28/h1-13,24H,(H,23,26)/b22-13+. The van der Waals surface area contributed by atoms with Gasteiger partial charge in [0, 0.05) is 17.2 Å². The Labute approximate surface area is 182 Å². The number of carbonyl (C=O) groups excluding carboxylic acids is 1. The second-order valence-corrected chi connectivity index (χ2v) is 8.27. The van der Waals surface area contributed by atoms with Crippen molar-refractivity contribution in [1.82, 2.24) is 5.43 Å². The first-order valence-electron chi connectivity index (χ1n) is 8.71. The van der Waals surface area contributed by atoms with Crippen LogP contribution in [0.25, 0.3) is 0 Å². The first kappa shape index (κ1) is 21.9. The molecule has 0 aliphatic carbocycles. The molecule has 11 heteroatoms. The van der Waals surface area contributed by atoms with E-state index in [1.165, 1.54) is 66.9 Å². The van der Waals surface area contributed by atoms with E-state index in [4.69, 9.17) is 11.6 Å². The summed E-state index contributed by atoms with van der Waals surface area (Å²) in [6.45, 7) is 0. The highest BCUT2D eigenvalue weighted by Crippen LogP contribution is 2.21. The molecule has 0 atom stereocenters. The molecule has 0 heterocycles. The average molecular weight is 459 g/mol. The topological polar surface area (TPSA) is 131 Å². The number of nitro groups is 1. The number of benzene rings is 3. The first-order valence-corrected chi connectivity index (χ1v) is 10.6. The first-order chi connectivity index (χ1) is 14.8. The zero-order chi connectivity index (χ0) is 22.4. The number of carbonyl (C=O) groups is 1. The molecule has 0 bridgehead atoms. The minimum atomic E-state index is -3.94. The number of hydrogen-bond acceptors (Lipinski definition) is 6. The van der Waals surface area contributed by atoms with Gasteiger partial charge in [0.2, 0.25) is 0 Å². The Hall–Kier alpha value is -3.76. The van der Waals surface area contributed by atoms with Crippen LogP contribution in [0.4, 0.5) is 11.4 Å². The van der Waals surface area contributed by atoms with Gasteiger partial charge in [0.05, 0.1) is 27.3 Å². The molecule has 9 nitrogen and oxygen atoms in total. The van der Waals surface area contributed by atoms with Crippen LogP contribution in [0.1, 0.15) is 15.9 Å². The van der Waals surface area contributed by atoms with Crippen LogP contribution in [-0.2, 0) is 10.0 Å². The molecule has 0 aliphatic heterocycles. The fourth-order valence-corrected chi connectivity index (χ4v) is 3.70. The summed E-state index contributed by atoms with van der Waals surface area (Å²) >= 11 is 5.79. The van der Waals surface area contributed by atoms with Gasteiger partial charge in [-0.15, -0.1) is 0 Å². The number of sulfonamides is 1. The number of non-ortho nitro benzene ring substituents is 1. The number of amides is 1. The Bertz CT molecular complexity index is 1240. The molecule has 0 spiro atoms. The van der Waals surface area contributed by atoms with Crippen molar-refractivity contribution in [1.29, 1.82) is 0 Å². The van der Waals surface area contributed by atoms with Gasteiger partial charge in [0.25, 0.3) is 21.6 Å². The average Bonchev–Trinajstić information content (AvgIpc) is 2.74. The number of anilines is 1. The molecule has 0 aliphatic rings. The van der Waals surface area contributed by atoms with Crippen molar-refractivity contribution in [2.75, 3.05) is 4.72 Å². The van der Waals surface area contributed by atoms with Crippen molar-refractivity contribution in [3.63, 3.8) is 0 Å². The van der Waals surface area contributed by atoms with Crippen molar-refractivity contribution < 1.29 is 18.1 Å². The molecule has 3 aromatic rings. The lowest BCUT2D eigenvalue weighted by Crippen LogP contribution is -2.21. The summed E-state index contributed by atoms with van der Waals surface area (Å²) in [6.07, 6.45) is 1.31. The van der Waals surface area contributed by atoms with E-state index >= 15 is 0 Å². The van der Waals surface area contributed by atoms with Crippen LogP contribution in [0.2, 0.25) is 5.02 Å². The molecule has 0 unspecified atom stereocenters. The monoisotopic (exact) mass is 458 g/mol. The van der Waals surface area contributed by atoms with Crippen LogP contribution in [0.5, 0.6) is 0 Å². The third kappa shape index (κ3) is 5.65. The van der Waals surface area contributed by atoms with E-state index in [9.17, 15) is 23.3 Å². The molecule has 0 radical (unpaired) electrons. The largest absolute Gasteiger partial charge is 0.279 e. The highest BCUT2D eigenvalue weighted by molar-refractivity contribution is 7.92. The molecule has 3 aromatic carbocycles. The lowest BCUT2D eigenvalue weighted by atomic mass is 10.2.